The highest BCUT2D eigenvalue weighted by Crippen LogP contribution is 2.48. The summed E-state index contributed by atoms with van der Waals surface area (Å²) in [5, 5.41) is 0. The highest BCUT2D eigenvalue weighted by molar-refractivity contribution is 5.90. The summed E-state index contributed by atoms with van der Waals surface area (Å²) in [6.45, 7) is 2.84. The van der Waals surface area contributed by atoms with Gasteiger partial charge in [0.25, 0.3) is 5.56 Å². The third-order valence-electron chi connectivity index (χ3n) is 9.62. The van der Waals surface area contributed by atoms with Crippen molar-refractivity contribution in [2.45, 2.75) is 83.2 Å². The van der Waals surface area contributed by atoms with Gasteiger partial charge in [0.15, 0.2) is 0 Å². The first kappa shape index (κ1) is 34.5. The zero-order valence-corrected chi connectivity index (χ0v) is 25.8. The van der Waals surface area contributed by atoms with Gasteiger partial charge in [0.05, 0.1) is 29.7 Å². The molecule has 2 aliphatic heterocycles. The maximum Gasteiger partial charge on any atom is 0.471 e. The van der Waals surface area contributed by atoms with E-state index in [1.807, 2.05) is 0 Å². The van der Waals surface area contributed by atoms with Crippen LogP contribution in [-0.4, -0.2) is 76.3 Å². The first-order chi connectivity index (χ1) is 22.0. The second kappa shape index (κ2) is 13.0. The van der Waals surface area contributed by atoms with Crippen LogP contribution < -0.4 is 5.56 Å². The Labute approximate surface area is 266 Å². The number of pyridine rings is 1. The highest BCUT2D eigenvalue weighted by atomic mass is 19.4. The van der Waals surface area contributed by atoms with E-state index in [2.05, 4.69) is 0 Å². The van der Waals surface area contributed by atoms with Gasteiger partial charge < -0.3 is 23.8 Å². The highest BCUT2D eigenvalue weighted by Gasteiger charge is 2.57. The van der Waals surface area contributed by atoms with E-state index in [0.717, 1.165) is 15.5 Å². The molecule has 5 rings (SSSR count). The lowest BCUT2D eigenvalue weighted by Gasteiger charge is -2.44. The summed E-state index contributed by atoms with van der Waals surface area (Å²) in [7, 11) is 0. The molecule has 3 aliphatic rings. The van der Waals surface area contributed by atoms with Gasteiger partial charge >= 0.3 is 24.2 Å². The molecule has 1 aliphatic carbocycles. The molecule has 0 radical (unpaired) electrons. The van der Waals surface area contributed by atoms with Gasteiger partial charge in [-0.2, -0.15) is 26.3 Å². The first-order valence-electron chi connectivity index (χ1n) is 15.4. The maximum absolute atomic E-state index is 14.5. The van der Waals surface area contributed by atoms with Crippen molar-refractivity contribution >= 4 is 17.8 Å². The van der Waals surface area contributed by atoms with E-state index in [1.54, 1.807) is 25.1 Å². The predicted molar refractivity (Wildman–Crippen MR) is 154 cm³/mol. The molecule has 1 saturated heterocycles. The average Bonchev–Trinajstić information content (AvgIpc) is 3.47. The van der Waals surface area contributed by atoms with Gasteiger partial charge in [-0.1, -0.05) is 25.1 Å². The molecule has 2 amide bonds. The summed E-state index contributed by atoms with van der Waals surface area (Å²) in [6.07, 6.45) is -11.4. The quantitative estimate of drug-likeness (QED) is 0.323. The van der Waals surface area contributed by atoms with Crippen molar-refractivity contribution in [3.8, 4) is 0 Å². The lowest BCUT2D eigenvalue weighted by molar-refractivity contribution is -0.194. The largest absolute Gasteiger partial charge is 0.471 e. The molecule has 2 fully saturated rings. The summed E-state index contributed by atoms with van der Waals surface area (Å²) in [5.74, 6) is -3.90. The molecule has 1 saturated carbocycles. The molecule has 0 spiro atoms. The van der Waals surface area contributed by atoms with Crippen molar-refractivity contribution in [1.82, 2.24) is 14.4 Å². The minimum atomic E-state index is -5.20. The van der Waals surface area contributed by atoms with Crippen LogP contribution in [-0.2, 0) is 38.3 Å². The standard InChI is InChI=1S/C32H35F6N3O6/c1-19-18-46-13-9-25(19)41(29(45)32(36,37)38)23-8-10-30(16-23,20(2)47-27(43)21-6-4-3-5-7-21)28(44)39-11-12-40-24(17-39)14-22(15-26(40)42)31(33,34)35/h3-7,14-15,19-20,23,25H,8-13,16-18H2,1-2H3/t19-,20?,23-,25?,30+/m1/s1. The molecule has 1 aromatic carbocycles. The number of halogens is 6. The van der Waals surface area contributed by atoms with E-state index in [4.69, 9.17) is 9.47 Å². The normalized spacial score (nSPS) is 25.5. The van der Waals surface area contributed by atoms with Crippen molar-refractivity contribution in [3.05, 3.63) is 69.6 Å². The zero-order valence-electron chi connectivity index (χ0n) is 25.8. The van der Waals surface area contributed by atoms with E-state index in [1.165, 1.54) is 24.0 Å². The van der Waals surface area contributed by atoms with E-state index in [9.17, 15) is 45.5 Å². The molecule has 15 heteroatoms. The van der Waals surface area contributed by atoms with Crippen LogP contribution in [0.25, 0.3) is 0 Å². The van der Waals surface area contributed by atoms with Gasteiger partial charge in [-0.05, 0) is 50.8 Å². The van der Waals surface area contributed by atoms with Crippen LogP contribution in [0.4, 0.5) is 26.3 Å². The van der Waals surface area contributed by atoms with Crippen LogP contribution in [0.1, 0.15) is 61.1 Å². The Hall–Kier alpha value is -3.88. The summed E-state index contributed by atoms with van der Waals surface area (Å²) in [6, 6.07) is 7.26. The molecule has 1 aromatic heterocycles. The van der Waals surface area contributed by atoms with E-state index < -0.39 is 70.8 Å². The fourth-order valence-electron chi connectivity index (χ4n) is 7.14. The van der Waals surface area contributed by atoms with Gasteiger partial charge in [0.2, 0.25) is 5.91 Å². The number of carbonyl (C=O) groups is 3. The predicted octanol–water partition coefficient (Wildman–Crippen LogP) is 4.81. The van der Waals surface area contributed by atoms with Crippen molar-refractivity contribution < 1.29 is 50.2 Å². The second-order valence-corrected chi connectivity index (χ2v) is 12.5. The van der Waals surface area contributed by atoms with Crippen LogP contribution in [0.5, 0.6) is 0 Å². The molecule has 3 heterocycles. The Kier molecular flexibility index (Phi) is 9.50. The number of carbonyl (C=O) groups excluding carboxylic acids is 3. The molecule has 0 bridgehead atoms. The smallest absolute Gasteiger partial charge is 0.458 e. The zero-order chi connectivity index (χ0) is 34.3. The number of benzene rings is 1. The second-order valence-electron chi connectivity index (χ2n) is 12.5. The Morgan fingerprint density at radius 1 is 1.04 bits per heavy atom. The number of fused-ring (bicyclic) bond motifs is 1. The van der Waals surface area contributed by atoms with Crippen LogP contribution in [0.2, 0.25) is 0 Å². The maximum atomic E-state index is 14.5. The SMILES string of the molecule is CC(OC(=O)c1ccccc1)[C@]1(C(=O)N2CCn3c(cc(C(F)(F)F)cc3=O)C2)CC[C@@H](N(C(=O)C(F)(F)F)C2CCOC[C@H]2C)C1. The lowest BCUT2D eigenvalue weighted by Crippen LogP contribution is -2.57. The van der Waals surface area contributed by atoms with E-state index >= 15 is 0 Å². The van der Waals surface area contributed by atoms with Crippen molar-refractivity contribution in [2.24, 2.45) is 11.3 Å². The monoisotopic (exact) mass is 671 g/mol. The Morgan fingerprint density at radius 3 is 2.38 bits per heavy atom. The van der Waals surface area contributed by atoms with Crippen molar-refractivity contribution in [1.29, 1.82) is 0 Å². The number of hydrogen-bond acceptors (Lipinski definition) is 6. The van der Waals surface area contributed by atoms with Crippen LogP contribution >= 0.6 is 0 Å². The number of rotatable bonds is 6. The Morgan fingerprint density at radius 2 is 1.74 bits per heavy atom. The van der Waals surface area contributed by atoms with E-state index in [-0.39, 0.29) is 69.8 Å². The molecule has 256 valence electrons. The third-order valence-corrected chi connectivity index (χ3v) is 9.62. The number of ether oxygens (including phenoxy) is 2. The number of nitrogens with zero attached hydrogens (tertiary/aromatic N) is 3. The fourth-order valence-corrected chi connectivity index (χ4v) is 7.14. The fraction of sp³-hybridized carbons (Fsp3) is 0.562. The summed E-state index contributed by atoms with van der Waals surface area (Å²) in [5.41, 5.74) is -3.57. The van der Waals surface area contributed by atoms with Gasteiger partial charge in [-0.15, -0.1) is 0 Å². The molecular weight excluding hydrogens is 636 g/mol. The summed E-state index contributed by atoms with van der Waals surface area (Å²) < 4.78 is 94.9. The van der Waals surface area contributed by atoms with Gasteiger partial charge in [0, 0.05) is 49.5 Å². The molecule has 0 N–H and O–H groups in total. The van der Waals surface area contributed by atoms with Crippen LogP contribution in [0, 0.1) is 11.3 Å². The topological polar surface area (TPSA) is 98.2 Å². The Bertz CT molecular complexity index is 1560. The number of hydrogen-bond donors (Lipinski definition) is 0. The summed E-state index contributed by atoms with van der Waals surface area (Å²) >= 11 is 0. The van der Waals surface area contributed by atoms with Crippen molar-refractivity contribution in [3.63, 3.8) is 0 Å². The van der Waals surface area contributed by atoms with Gasteiger partial charge in [-0.25, -0.2) is 4.79 Å². The number of amides is 2. The van der Waals surface area contributed by atoms with Gasteiger partial charge in [0.1, 0.15) is 6.10 Å². The minimum Gasteiger partial charge on any atom is -0.458 e. The Balaban J connectivity index is 1.51. The molecule has 9 nitrogen and oxygen atoms in total. The first-order valence-corrected chi connectivity index (χ1v) is 15.4. The number of alkyl halides is 6. The molecule has 5 atom stereocenters. The number of aromatic nitrogens is 1. The minimum absolute atomic E-state index is 0.0209. The molecule has 2 unspecified atom stereocenters. The van der Waals surface area contributed by atoms with Crippen molar-refractivity contribution in [2.75, 3.05) is 19.8 Å². The molecular formula is C32H35F6N3O6. The number of esters is 1. The third kappa shape index (κ3) is 6.90. The van der Waals surface area contributed by atoms with E-state index in [0.29, 0.717) is 6.07 Å². The molecule has 47 heavy (non-hydrogen) atoms. The van der Waals surface area contributed by atoms with Crippen LogP contribution in [0.15, 0.2) is 47.3 Å². The average molecular weight is 672 g/mol. The van der Waals surface area contributed by atoms with Gasteiger partial charge in [-0.3, -0.25) is 14.4 Å². The van der Waals surface area contributed by atoms with Crippen LogP contribution in [0.3, 0.4) is 0 Å². The summed E-state index contributed by atoms with van der Waals surface area (Å²) in [4.78, 5) is 55.1. The lowest BCUT2D eigenvalue weighted by atomic mass is 9.78. The molecule has 2 aromatic rings.